The molecule has 0 aliphatic heterocycles. The predicted octanol–water partition coefficient (Wildman–Crippen LogP) is 3.86. The zero-order valence-electron chi connectivity index (χ0n) is 14.9. The van der Waals surface area contributed by atoms with Crippen molar-refractivity contribution in [3.8, 4) is 5.75 Å². The highest BCUT2D eigenvalue weighted by atomic mass is 16.5. The fraction of sp³-hybridized carbons (Fsp3) is 0.143. The van der Waals surface area contributed by atoms with E-state index in [4.69, 9.17) is 9.15 Å². The summed E-state index contributed by atoms with van der Waals surface area (Å²) in [5.74, 6) is 0.777. The lowest BCUT2D eigenvalue weighted by Crippen LogP contribution is -2.22. The largest absolute Gasteiger partial charge is 0.492 e. The number of benzene rings is 2. The molecule has 1 aromatic heterocycles. The van der Waals surface area contributed by atoms with E-state index in [-0.39, 0.29) is 11.8 Å². The van der Waals surface area contributed by atoms with E-state index in [2.05, 4.69) is 10.6 Å². The fourth-order valence-electron chi connectivity index (χ4n) is 2.50. The summed E-state index contributed by atoms with van der Waals surface area (Å²) in [6, 6.07) is 17.2. The lowest BCUT2D eigenvalue weighted by atomic mass is 10.1. The van der Waals surface area contributed by atoms with Crippen LogP contribution in [0.4, 0.5) is 5.69 Å². The van der Waals surface area contributed by atoms with E-state index in [0.717, 1.165) is 0 Å². The first-order chi connectivity index (χ1) is 13.2. The van der Waals surface area contributed by atoms with Crippen molar-refractivity contribution in [2.75, 3.05) is 11.9 Å². The number of carbonyl (C=O) groups excluding carboxylic acids is 2. The van der Waals surface area contributed by atoms with E-state index in [1.807, 2.05) is 19.1 Å². The Balaban J connectivity index is 1.62. The average Bonchev–Trinajstić information content (AvgIpc) is 3.21. The van der Waals surface area contributed by atoms with Gasteiger partial charge in [-0.2, -0.15) is 0 Å². The molecule has 27 heavy (non-hydrogen) atoms. The van der Waals surface area contributed by atoms with Crippen molar-refractivity contribution in [2.24, 2.45) is 0 Å². The molecule has 0 atom stereocenters. The van der Waals surface area contributed by atoms with Crippen molar-refractivity contribution >= 4 is 17.5 Å². The van der Waals surface area contributed by atoms with E-state index in [1.165, 1.54) is 0 Å². The normalized spacial score (nSPS) is 10.3. The second kappa shape index (κ2) is 8.71. The van der Waals surface area contributed by atoms with Gasteiger partial charge in [-0.15, -0.1) is 0 Å². The Labute approximate surface area is 157 Å². The van der Waals surface area contributed by atoms with Crippen LogP contribution in [0.5, 0.6) is 5.75 Å². The Hall–Kier alpha value is -3.54. The summed E-state index contributed by atoms with van der Waals surface area (Å²) < 4.78 is 10.7. The molecule has 0 saturated carbocycles. The highest BCUT2D eigenvalue weighted by molar-refractivity contribution is 6.05. The SMILES string of the molecule is CCOc1ccccc1NC(=O)c1ccc(C(=O)NCc2ccco2)cc1. The van der Waals surface area contributed by atoms with Crippen molar-refractivity contribution in [2.45, 2.75) is 13.5 Å². The minimum Gasteiger partial charge on any atom is -0.492 e. The number of ether oxygens (including phenoxy) is 1. The quantitative estimate of drug-likeness (QED) is 0.667. The van der Waals surface area contributed by atoms with Crippen LogP contribution in [-0.2, 0) is 6.54 Å². The zero-order chi connectivity index (χ0) is 19.1. The molecule has 0 aliphatic rings. The second-order valence-electron chi connectivity index (χ2n) is 5.72. The van der Waals surface area contributed by atoms with Gasteiger partial charge in [-0.25, -0.2) is 0 Å². The maximum absolute atomic E-state index is 12.5. The van der Waals surface area contributed by atoms with Crippen LogP contribution in [0.2, 0.25) is 0 Å². The molecule has 0 bridgehead atoms. The van der Waals surface area contributed by atoms with Crippen molar-refractivity contribution in [3.05, 3.63) is 83.8 Å². The van der Waals surface area contributed by atoms with Gasteiger partial charge in [0.1, 0.15) is 11.5 Å². The summed E-state index contributed by atoms with van der Waals surface area (Å²) in [6.07, 6.45) is 1.55. The van der Waals surface area contributed by atoms with Crippen molar-refractivity contribution in [3.63, 3.8) is 0 Å². The smallest absolute Gasteiger partial charge is 0.255 e. The minimum atomic E-state index is -0.273. The topological polar surface area (TPSA) is 80.6 Å². The summed E-state index contributed by atoms with van der Waals surface area (Å²) in [5, 5.41) is 5.59. The standard InChI is InChI=1S/C21H20N2O4/c1-2-26-19-8-4-3-7-18(19)23-21(25)16-11-9-15(10-12-16)20(24)22-14-17-6-5-13-27-17/h3-13H,2,14H2,1H3,(H,22,24)(H,23,25). The van der Waals surface area contributed by atoms with E-state index < -0.39 is 0 Å². The van der Waals surface area contributed by atoms with Gasteiger partial charge in [0.05, 0.1) is 25.1 Å². The number of anilines is 1. The molecule has 0 fully saturated rings. The maximum atomic E-state index is 12.5. The number of hydrogen-bond acceptors (Lipinski definition) is 4. The maximum Gasteiger partial charge on any atom is 0.255 e. The van der Waals surface area contributed by atoms with E-state index in [0.29, 0.717) is 41.5 Å². The highest BCUT2D eigenvalue weighted by Gasteiger charge is 2.11. The van der Waals surface area contributed by atoms with Gasteiger partial charge in [0.2, 0.25) is 0 Å². The summed E-state index contributed by atoms with van der Waals surface area (Å²) in [7, 11) is 0. The van der Waals surface area contributed by atoms with Crippen LogP contribution in [0.25, 0.3) is 0 Å². The monoisotopic (exact) mass is 364 g/mol. The third-order valence-electron chi connectivity index (χ3n) is 3.85. The van der Waals surface area contributed by atoms with Crippen LogP contribution < -0.4 is 15.4 Å². The van der Waals surface area contributed by atoms with Gasteiger partial charge in [0, 0.05) is 11.1 Å². The van der Waals surface area contributed by atoms with Gasteiger partial charge < -0.3 is 19.8 Å². The second-order valence-corrected chi connectivity index (χ2v) is 5.72. The molecule has 2 amide bonds. The third-order valence-corrected chi connectivity index (χ3v) is 3.85. The van der Waals surface area contributed by atoms with Gasteiger partial charge in [-0.3, -0.25) is 9.59 Å². The summed E-state index contributed by atoms with van der Waals surface area (Å²) in [4.78, 5) is 24.6. The molecular weight excluding hydrogens is 344 g/mol. The molecule has 138 valence electrons. The van der Waals surface area contributed by atoms with Gasteiger partial charge in [-0.05, 0) is 55.5 Å². The predicted molar refractivity (Wildman–Crippen MR) is 102 cm³/mol. The van der Waals surface area contributed by atoms with Gasteiger partial charge in [0.15, 0.2) is 0 Å². The van der Waals surface area contributed by atoms with Gasteiger partial charge >= 0.3 is 0 Å². The van der Waals surface area contributed by atoms with Gasteiger partial charge in [0.25, 0.3) is 11.8 Å². The van der Waals surface area contributed by atoms with Crippen molar-refractivity contribution < 1.29 is 18.7 Å². The molecule has 6 heteroatoms. The fourth-order valence-corrected chi connectivity index (χ4v) is 2.50. The molecule has 2 N–H and O–H groups in total. The molecule has 0 unspecified atom stereocenters. The van der Waals surface area contributed by atoms with E-state index in [9.17, 15) is 9.59 Å². The Bertz CT molecular complexity index is 902. The lowest BCUT2D eigenvalue weighted by molar-refractivity contribution is 0.0946. The first-order valence-corrected chi connectivity index (χ1v) is 8.61. The molecule has 0 aliphatic carbocycles. The number of rotatable bonds is 7. The first kappa shape index (κ1) is 18.3. The molecule has 3 aromatic rings. The highest BCUT2D eigenvalue weighted by Crippen LogP contribution is 2.24. The Morgan fingerprint density at radius 2 is 1.63 bits per heavy atom. The molecule has 3 rings (SSSR count). The number of hydrogen-bond donors (Lipinski definition) is 2. The zero-order valence-corrected chi connectivity index (χ0v) is 14.9. The van der Waals surface area contributed by atoms with Crippen LogP contribution in [0.1, 0.15) is 33.4 Å². The van der Waals surface area contributed by atoms with Crippen LogP contribution in [-0.4, -0.2) is 18.4 Å². The van der Waals surface area contributed by atoms with E-state index in [1.54, 1.807) is 54.8 Å². The minimum absolute atomic E-state index is 0.236. The van der Waals surface area contributed by atoms with Crippen molar-refractivity contribution in [1.29, 1.82) is 0 Å². The van der Waals surface area contributed by atoms with Crippen LogP contribution in [0.3, 0.4) is 0 Å². The number of nitrogens with one attached hydrogen (secondary N) is 2. The number of amides is 2. The van der Waals surface area contributed by atoms with Crippen LogP contribution >= 0.6 is 0 Å². The summed E-state index contributed by atoms with van der Waals surface area (Å²) in [5.41, 5.74) is 1.52. The molecule has 0 spiro atoms. The molecule has 6 nitrogen and oxygen atoms in total. The summed E-state index contributed by atoms with van der Waals surface area (Å²) >= 11 is 0. The third kappa shape index (κ3) is 4.76. The average molecular weight is 364 g/mol. The molecule has 1 heterocycles. The molecule has 0 radical (unpaired) electrons. The van der Waals surface area contributed by atoms with Crippen molar-refractivity contribution in [1.82, 2.24) is 5.32 Å². The van der Waals surface area contributed by atoms with Gasteiger partial charge in [-0.1, -0.05) is 12.1 Å². The Morgan fingerprint density at radius 1 is 0.926 bits per heavy atom. The number of carbonyl (C=O) groups is 2. The number of furan rings is 1. The summed E-state index contributed by atoms with van der Waals surface area (Å²) in [6.45, 7) is 2.70. The first-order valence-electron chi connectivity index (χ1n) is 8.61. The molecule has 0 saturated heterocycles. The lowest BCUT2D eigenvalue weighted by Gasteiger charge is -2.11. The van der Waals surface area contributed by atoms with Crippen LogP contribution in [0.15, 0.2) is 71.3 Å². The molecule has 2 aromatic carbocycles. The van der Waals surface area contributed by atoms with E-state index >= 15 is 0 Å². The van der Waals surface area contributed by atoms with Crippen LogP contribution in [0, 0.1) is 0 Å². The Morgan fingerprint density at radius 3 is 2.30 bits per heavy atom. The Kier molecular flexibility index (Phi) is 5.89. The number of para-hydroxylation sites is 2. The molecular formula is C21H20N2O4.